The molecule has 0 radical (unpaired) electrons. The van der Waals surface area contributed by atoms with Gasteiger partial charge < -0.3 is 10.5 Å². The van der Waals surface area contributed by atoms with Crippen molar-refractivity contribution in [2.45, 2.75) is 26.0 Å². The monoisotopic (exact) mass is 241 g/mol. The Morgan fingerprint density at radius 2 is 2.38 bits per heavy atom. The van der Waals surface area contributed by atoms with Gasteiger partial charge in [0.05, 0.1) is 0 Å². The van der Waals surface area contributed by atoms with Crippen molar-refractivity contribution in [2.75, 3.05) is 0 Å². The Labute approximate surface area is 86.2 Å². The molecule has 0 aromatic heterocycles. The van der Waals surface area contributed by atoms with Crippen molar-refractivity contribution in [2.24, 2.45) is 5.73 Å². The normalized spacial score (nSPS) is 19.8. The number of rotatable bonds is 1. The summed E-state index contributed by atoms with van der Waals surface area (Å²) < 4.78 is 6.77. The van der Waals surface area contributed by atoms with E-state index < -0.39 is 0 Å². The van der Waals surface area contributed by atoms with Gasteiger partial charge in [-0.3, -0.25) is 0 Å². The molecule has 0 saturated heterocycles. The van der Waals surface area contributed by atoms with Crippen LogP contribution in [0.1, 0.15) is 18.1 Å². The van der Waals surface area contributed by atoms with Crippen LogP contribution in [-0.4, -0.2) is 6.10 Å². The number of halogens is 1. The van der Waals surface area contributed by atoms with Crippen LogP contribution in [0.3, 0.4) is 0 Å². The number of fused-ring (bicyclic) bond motifs is 1. The van der Waals surface area contributed by atoms with Gasteiger partial charge in [0.15, 0.2) is 0 Å². The summed E-state index contributed by atoms with van der Waals surface area (Å²) in [7, 11) is 0. The highest BCUT2D eigenvalue weighted by Gasteiger charge is 2.21. The molecular formula is C10H12BrNO. The van der Waals surface area contributed by atoms with Crippen LogP contribution in [0, 0.1) is 0 Å². The zero-order valence-electron chi connectivity index (χ0n) is 7.51. The molecule has 13 heavy (non-hydrogen) atoms. The number of hydrogen-bond acceptors (Lipinski definition) is 2. The Morgan fingerprint density at radius 1 is 1.62 bits per heavy atom. The van der Waals surface area contributed by atoms with E-state index in [0.717, 1.165) is 22.2 Å². The summed E-state index contributed by atoms with van der Waals surface area (Å²) in [5.74, 6) is 0.998. The van der Waals surface area contributed by atoms with Crippen LogP contribution in [-0.2, 0) is 13.0 Å². The van der Waals surface area contributed by atoms with E-state index in [4.69, 9.17) is 10.5 Å². The van der Waals surface area contributed by atoms with Crippen molar-refractivity contribution in [3.63, 3.8) is 0 Å². The largest absolute Gasteiger partial charge is 0.490 e. The number of ether oxygens (including phenoxy) is 1. The molecule has 2 N–H and O–H groups in total. The van der Waals surface area contributed by atoms with Crippen LogP contribution in [0.15, 0.2) is 16.6 Å². The lowest BCUT2D eigenvalue weighted by atomic mass is 10.1. The predicted octanol–water partition coefficient (Wildman–Crippen LogP) is 2.23. The Hall–Kier alpha value is -0.540. The van der Waals surface area contributed by atoms with Crippen LogP contribution in [0.25, 0.3) is 0 Å². The smallest absolute Gasteiger partial charge is 0.127 e. The zero-order chi connectivity index (χ0) is 9.42. The van der Waals surface area contributed by atoms with Crippen molar-refractivity contribution in [1.82, 2.24) is 0 Å². The van der Waals surface area contributed by atoms with Gasteiger partial charge in [0.25, 0.3) is 0 Å². The molecule has 0 fully saturated rings. The van der Waals surface area contributed by atoms with Gasteiger partial charge in [0.2, 0.25) is 0 Å². The maximum Gasteiger partial charge on any atom is 0.127 e. The molecule has 1 aromatic rings. The fourth-order valence-corrected chi connectivity index (χ4v) is 2.27. The maximum absolute atomic E-state index is 5.68. The lowest BCUT2D eigenvalue weighted by molar-refractivity contribution is 0.252. The molecule has 0 spiro atoms. The molecule has 2 rings (SSSR count). The second kappa shape index (κ2) is 3.31. The fraction of sp³-hybridized carbons (Fsp3) is 0.400. The lowest BCUT2D eigenvalue weighted by Gasteiger charge is -2.07. The third kappa shape index (κ3) is 1.58. The topological polar surface area (TPSA) is 35.2 Å². The second-order valence-corrected chi connectivity index (χ2v) is 4.31. The van der Waals surface area contributed by atoms with Crippen molar-refractivity contribution in [3.8, 4) is 5.75 Å². The van der Waals surface area contributed by atoms with E-state index in [0.29, 0.717) is 6.54 Å². The first kappa shape index (κ1) is 9.03. The summed E-state index contributed by atoms with van der Waals surface area (Å²) in [6.45, 7) is 2.61. The van der Waals surface area contributed by atoms with E-state index >= 15 is 0 Å². The zero-order valence-corrected chi connectivity index (χ0v) is 9.10. The van der Waals surface area contributed by atoms with Crippen molar-refractivity contribution in [1.29, 1.82) is 0 Å². The molecule has 0 aliphatic carbocycles. The average Bonchev–Trinajstić information content (AvgIpc) is 2.43. The number of benzene rings is 1. The molecule has 1 aliphatic heterocycles. The summed E-state index contributed by atoms with van der Waals surface area (Å²) in [5, 5.41) is 0. The highest BCUT2D eigenvalue weighted by atomic mass is 79.9. The molecule has 1 unspecified atom stereocenters. The van der Waals surface area contributed by atoms with Gasteiger partial charge >= 0.3 is 0 Å². The summed E-state index contributed by atoms with van der Waals surface area (Å²) in [6, 6.07) is 4.13. The third-order valence-corrected chi connectivity index (χ3v) is 2.71. The molecule has 1 aliphatic rings. The van der Waals surface area contributed by atoms with Crippen molar-refractivity contribution in [3.05, 3.63) is 27.7 Å². The molecule has 0 saturated carbocycles. The highest BCUT2D eigenvalue weighted by molar-refractivity contribution is 9.10. The van der Waals surface area contributed by atoms with Gasteiger partial charge in [-0.25, -0.2) is 0 Å². The van der Waals surface area contributed by atoms with Gasteiger partial charge in [-0.05, 0) is 24.6 Å². The Morgan fingerprint density at radius 3 is 3.08 bits per heavy atom. The minimum atomic E-state index is 0.287. The van der Waals surface area contributed by atoms with Crippen LogP contribution in [0.4, 0.5) is 0 Å². The molecule has 3 heteroatoms. The summed E-state index contributed by atoms with van der Waals surface area (Å²) in [5.41, 5.74) is 7.99. The van der Waals surface area contributed by atoms with E-state index in [1.54, 1.807) is 0 Å². The maximum atomic E-state index is 5.68. The SMILES string of the molecule is CC1Cc2cc(Br)cc(CN)c2O1. The van der Waals surface area contributed by atoms with Crippen LogP contribution >= 0.6 is 15.9 Å². The van der Waals surface area contributed by atoms with E-state index in [-0.39, 0.29) is 6.10 Å². The third-order valence-electron chi connectivity index (χ3n) is 2.25. The number of hydrogen-bond donors (Lipinski definition) is 1. The lowest BCUT2D eigenvalue weighted by Crippen LogP contribution is -2.06. The quantitative estimate of drug-likeness (QED) is 0.819. The molecule has 0 amide bonds. The first-order chi connectivity index (χ1) is 6.20. The first-order valence-corrected chi connectivity index (χ1v) is 5.18. The summed E-state index contributed by atoms with van der Waals surface area (Å²) in [6.07, 6.45) is 1.27. The molecule has 1 aromatic carbocycles. The number of nitrogens with two attached hydrogens (primary N) is 1. The van der Waals surface area contributed by atoms with E-state index in [9.17, 15) is 0 Å². The average molecular weight is 242 g/mol. The Bertz CT molecular complexity index is 338. The predicted molar refractivity (Wildman–Crippen MR) is 55.8 cm³/mol. The van der Waals surface area contributed by atoms with Crippen LogP contribution < -0.4 is 10.5 Å². The standard InChI is InChI=1S/C10H12BrNO/c1-6-2-7-3-9(11)4-8(5-12)10(7)13-6/h3-4,6H,2,5,12H2,1H3. The van der Waals surface area contributed by atoms with Gasteiger partial charge in [-0.15, -0.1) is 0 Å². The molecule has 1 atom stereocenters. The first-order valence-electron chi connectivity index (χ1n) is 4.38. The van der Waals surface area contributed by atoms with Gasteiger partial charge in [-0.2, -0.15) is 0 Å². The molecule has 1 heterocycles. The molecule has 0 bridgehead atoms. The summed E-state index contributed by atoms with van der Waals surface area (Å²) >= 11 is 3.47. The van der Waals surface area contributed by atoms with Crippen LogP contribution in [0.2, 0.25) is 0 Å². The minimum Gasteiger partial charge on any atom is -0.490 e. The molecule has 2 nitrogen and oxygen atoms in total. The van der Waals surface area contributed by atoms with Gasteiger partial charge in [0, 0.05) is 23.0 Å². The van der Waals surface area contributed by atoms with Crippen LogP contribution in [0.5, 0.6) is 5.75 Å². The molecule has 70 valence electrons. The van der Waals surface area contributed by atoms with Gasteiger partial charge in [-0.1, -0.05) is 15.9 Å². The second-order valence-electron chi connectivity index (χ2n) is 3.39. The van der Waals surface area contributed by atoms with E-state index in [1.165, 1.54) is 5.56 Å². The van der Waals surface area contributed by atoms with E-state index in [2.05, 4.69) is 28.9 Å². The Balaban J connectivity index is 2.50. The fourth-order valence-electron chi connectivity index (χ4n) is 1.72. The van der Waals surface area contributed by atoms with Gasteiger partial charge in [0.1, 0.15) is 11.9 Å². The van der Waals surface area contributed by atoms with Crippen molar-refractivity contribution < 1.29 is 4.74 Å². The summed E-state index contributed by atoms with van der Waals surface area (Å²) in [4.78, 5) is 0. The van der Waals surface area contributed by atoms with E-state index in [1.807, 2.05) is 6.07 Å². The Kier molecular flexibility index (Phi) is 2.30. The molecular weight excluding hydrogens is 230 g/mol. The minimum absolute atomic E-state index is 0.287. The van der Waals surface area contributed by atoms with Crippen molar-refractivity contribution >= 4 is 15.9 Å². The highest BCUT2D eigenvalue weighted by Crippen LogP contribution is 2.34.